The van der Waals surface area contributed by atoms with Crippen LogP contribution in [0.1, 0.15) is 78.1 Å². The molecule has 0 bridgehead atoms. The van der Waals surface area contributed by atoms with Gasteiger partial charge in [0.25, 0.3) is 0 Å². The third-order valence-corrected chi connectivity index (χ3v) is 4.07. The Kier molecular flexibility index (Phi) is 7.92. The number of hydrogen-bond acceptors (Lipinski definition) is 1. The van der Waals surface area contributed by atoms with Crippen LogP contribution in [0.5, 0.6) is 0 Å². The van der Waals surface area contributed by atoms with E-state index < -0.39 is 0 Å². The summed E-state index contributed by atoms with van der Waals surface area (Å²) in [6.45, 7) is 5.88. The molecule has 1 heteroatoms. The van der Waals surface area contributed by atoms with E-state index in [2.05, 4.69) is 19.2 Å². The van der Waals surface area contributed by atoms with Crippen LogP contribution in [0.2, 0.25) is 0 Å². The summed E-state index contributed by atoms with van der Waals surface area (Å²) < 4.78 is 0. The van der Waals surface area contributed by atoms with Crippen LogP contribution in [0.3, 0.4) is 0 Å². The fourth-order valence-electron chi connectivity index (χ4n) is 2.88. The van der Waals surface area contributed by atoms with E-state index >= 15 is 0 Å². The minimum Gasteiger partial charge on any atom is -0.314 e. The van der Waals surface area contributed by atoms with Gasteiger partial charge in [-0.1, -0.05) is 58.8 Å². The zero-order chi connectivity index (χ0) is 11.6. The Labute approximate surface area is 102 Å². The molecule has 16 heavy (non-hydrogen) atoms. The summed E-state index contributed by atoms with van der Waals surface area (Å²) in [7, 11) is 0. The maximum Gasteiger partial charge on any atom is 0.00697 e. The van der Waals surface area contributed by atoms with E-state index in [1.807, 2.05) is 0 Å². The molecule has 1 fully saturated rings. The number of hydrogen-bond donors (Lipinski definition) is 1. The second kappa shape index (κ2) is 9.04. The third kappa shape index (κ3) is 5.89. The first-order chi connectivity index (χ1) is 7.86. The predicted octanol–water partition coefficient (Wildman–Crippen LogP) is 4.52. The Morgan fingerprint density at radius 1 is 1.00 bits per heavy atom. The molecular weight excluding hydrogens is 194 g/mol. The fourth-order valence-corrected chi connectivity index (χ4v) is 2.88. The SMILES string of the molecule is CCCCCCCNC1CCCC(CC)C1. The Bertz CT molecular complexity index is 156. The number of rotatable bonds is 8. The fraction of sp³-hybridized carbons (Fsp3) is 1.00. The molecule has 0 aromatic carbocycles. The molecule has 0 saturated heterocycles. The van der Waals surface area contributed by atoms with Crippen LogP contribution >= 0.6 is 0 Å². The summed E-state index contributed by atoms with van der Waals surface area (Å²) in [5.74, 6) is 1.01. The highest BCUT2D eigenvalue weighted by molar-refractivity contribution is 4.77. The van der Waals surface area contributed by atoms with Gasteiger partial charge in [0.1, 0.15) is 0 Å². The molecule has 0 aliphatic heterocycles. The molecule has 1 saturated carbocycles. The summed E-state index contributed by atoms with van der Waals surface area (Å²) in [5, 5.41) is 3.76. The van der Waals surface area contributed by atoms with Gasteiger partial charge in [0, 0.05) is 6.04 Å². The molecule has 1 rings (SSSR count). The Balaban J connectivity index is 1.95. The van der Waals surface area contributed by atoms with E-state index in [4.69, 9.17) is 0 Å². The van der Waals surface area contributed by atoms with Gasteiger partial charge in [0.15, 0.2) is 0 Å². The lowest BCUT2D eigenvalue weighted by Gasteiger charge is -2.29. The predicted molar refractivity (Wildman–Crippen MR) is 72.8 cm³/mol. The highest BCUT2D eigenvalue weighted by Crippen LogP contribution is 2.26. The second-order valence-electron chi connectivity index (χ2n) is 5.51. The molecule has 1 N–H and O–H groups in total. The maximum absolute atomic E-state index is 3.76. The molecule has 1 aliphatic rings. The van der Waals surface area contributed by atoms with Crippen molar-refractivity contribution in [2.45, 2.75) is 84.1 Å². The van der Waals surface area contributed by atoms with E-state index in [9.17, 15) is 0 Å². The van der Waals surface area contributed by atoms with E-state index in [1.54, 1.807) is 0 Å². The summed E-state index contributed by atoms with van der Waals surface area (Å²) in [6.07, 6.45) is 14.2. The van der Waals surface area contributed by atoms with Crippen LogP contribution in [0.25, 0.3) is 0 Å². The van der Waals surface area contributed by atoms with Gasteiger partial charge < -0.3 is 5.32 Å². The van der Waals surface area contributed by atoms with Crippen molar-refractivity contribution in [3.8, 4) is 0 Å². The summed E-state index contributed by atoms with van der Waals surface area (Å²) >= 11 is 0. The van der Waals surface area contributed by atoms with Crippen molar-refractivity contribution < 1.29 is 0 Å². The summed E-state index contributed by atoms with van der Waals surface area (Å²) in [6, 6.07) is 0.838. The normalized spacial score (nSPS) is 25.9. The lowest BCUT2D eigenvalue weighted by atomic mass is 9.84. The minimum atomic E-state index is 0.838. The van der Waals surface area contributed by atoms with Crippen molar-refractivity contribution in [1.82, 2.24) is 5.32 Å². The van der Waals surface area contributed by atoms with Crippen LogP contribution in [-0.4, -0.2) is 12.6 Å². The van der Waals surface area contributed by atoms with Crippen molar-refractivity contribution in [3.63, 3.8) is 0 Å². The van der Waals surface area contributed by atoms with Gasteiger partial charge in [-0.25, -0.2) is 0 Å². The molecule has 96 valence electrons. The lowest BCUT2D eigenvalue weighted by Crippen LogP contribution is -2.34. The average molecular weight is 225 g/mol. The average Bonchev–Trinajstić information content (AvgIpc) is 2.34. The van der Waals surface area contributed by atoms with Crippen molar-refractivity contribution >= 4 is 0 Å². The first-order valence-electron chi connectivity index (χ1n) is 7.60. The highest BCUT2D eigenvalue weighted by atomic mass is 14.9. The molecule has 0 aromatic rings. The van der Waals surface area contributed by atoms with Crippen molar-refractivity contribution in [2.75, 3.05) is 6.54 Å². The quantitative estimate of drug-likeness (QED) is 0.599. The second-order valence-corrected chi connectivity index (χ2v) is 5.51. The first kappa shape index (κ1) is 14.0. The van der Waals surface area contributed by atoms with Crippen LogP contribution in [0.4, 0.5) is 0 Å². The molecule has 2 atom stereocenters. The van der Waals surface area contributed by atoms with Crippen LogP contribution in [0, 0.1) is 5.92 Å². The highest BCUT2D eigenvalue weighted by Gasteiger charge is 2.19. The topological polar surface area (TPSA) is 12.0 Å². The molecule has 0 spiro atoms. The molecule has 0 radical (unpaired) electrons. The Hall–Kier alpha value is -0.0400. The van der Waals surface area contributed by atoms with Gasteiger partial charge >= 0.3 is 0 Å². The van der Waals surface area contributed by atoms with Crippen LogP contribution in [-0.2, 0) is 0 Å². The van der Waals surface area contributed by atoms with Gasteiger partial charge in [-0.15, -0.1) is 0 Å². The van der Waals surface area contributed by atoms with Gasteiger partial charge in [0.05, 0.1) is 0 Å². The smallest absolute Gasteiger partial charge is 0.00697 e. The monoisotopic (exact) mass is 225 g/mol. The zero-order valence-electron chi connectivity index (χ0n) is 11.4. The summed E-state index contributed by atoms with van der Waals surface area (Å²) in [5.41, 5.74) is 0. The molecule has 0 heterocycles. The minimum absolute atomic E-state index is 0.838. The van der Waals surface area contributed by atoms with Crippen LogP contribution in [0.15, 0.2) is 0 Å². The maximum atomic E-state index is 3.76. The lowest BCUT2D eigenvalue weighted by molar-refractivity contribution is 0.278. The van der Waals surface area contributed by atoms with Gasteiger partial charge in [-0.3, -0.25) is 0 Å². The first-order valence-corrected chi connectivity index (χ1v) is 7.60. The van der Waals surface area contributed by atoms with E-state index in [0.29, 0.717) is 0 Å². The van der Waals surface area contributed by atoms with Crippen LogP contribution < -0.4 is 5.32 Å². The van der Waals surface area contributed by atoms with Gasteiger partial charge in [-0.05, 0) is 31.7 Å². The van der Waals surface area contributed by atoms with E-state index in [0.717, 1.165) is 12.0 Å². The van der Waals surface area contributed by atoms with E-state index in [-0.39, 0.29) is 0 Å². The molecule has 2 unspecified atom stereocenters. The largest absolute Gasteiger partial charge is 0.314 e. The molecule has 1 aliphatic carbocycles. The Morgan fingerprint density at radius 3 is 2.56 bits per heavy atom. The summed E-state index contributed by atoms with van der Waals surface area (Å²) in [4.78, 5) is 0. The van der Waals surface area contributed by atoms with Gasteiger partial charge in [0.2, 0.25) is 0 Å². The van der Waals surface area contributed by atoms with Crippen molar-refractivity contribution in [2.24, 2.45) is 5.92 Å². The molecule has 0 amide bonds. The standard InChI is InChI=1S/C15H31N/c1-3-5-6-7-8-12-16-15-11-9-10-14(4-2)13-15/h14-16H,3-13H2,1-2H3. The number of nitrogens with one attached hydrogen (secondary N) is 1. The van der Waals surface area contributed by atoms with E-state index in [1.165, 1.54) is 70.8 Å². The Morgan fingerprint density at radius 2 is 1.81 bits per heavy atom. The molecule has 0 aromatic heterocycles. The zero-order valence-corrected chi connectivity index (χ0v) is 11.4. The molecular formula is C15H31N. The van der Waals surface area contributed by atoms with Gasteiger partial charge in [-0.2, -0.15) is 0 Å². The van der Waals surface area contributed by atoms with Crippen molar-refractivity contribution in [3.05, 3.63) is 0 Å². The van der Waals surface area contributed by atoms with Crippen molar-refractivity contribution in [1.29, 1.82) is 0 Å². The number of unbranched alkanes of at least 4 members (excludes halogenated alkanes) is 4. The molecule has 1 nitrogen and oxygen atoms in total. The third-order valence-electron chi connectivity index (χ3n) is 4.07.